The lowest BCUT2D eigenvalue weighted by Gasteiger charge is -2.38. The van der Waals surface area contributed by atoms with Crippen LogP contribution in [0.1, 0.15) is 57.8 Å². The van der Waals surface area contributed by atoms with Crippen LogP contribution in [0.3, 0.4) is 0 Å². The highest BCUT2D eigenvalue weighted by atomic mass is 16.2. The van der Waals surface area contributed by atoms with E-state index in [0.717, 1.165) is 37.9 Å². The molecule has 7 nitrogen and oxygen atoms in total. The lowest BCUT2D eigenvalue weighted by atomic mass is 9.80. The van der Waals surface area contributed by atoms with E-state index < -0.39 is 0 Å². The Kier molecular flexibility index (Phi) is 6.24. The Bertz CT molecular complexity index is 861. The molecule has 0 spiro atoms. The molecule has 1 unspecified atom stereocenters. The molecule has 2 aromatic heterocycles. The Morgan fingerprint density at radius 1 is 1.28 bits per heavy atom. The van der Waals surface area contributed by atoms with Crippen LogP contribution in [0.4, 0.5) is 0 Å². The number of amides is 2. The van der Waals surface area contributed by atoms with Crippen LogP contribution in [0.2, 0.25) is 0 Å². The van der Waals surface area contributed by atoms with Crippen molar-refractivity contribution in [2.75, 3.05) is 26.2 Å². The van der Waals surface area contributed by atoms with E-state index >= 15 is 0 Å². The lowest BCUT2D eigenvalue weighted by molar-refractivity contribution is -0.139. The highest BCUT2D eigenvalue weighted by Crippen LogP contribution is 2.29. The molecular formula is C22H33N5O2. The zero-order valence-electron chi connectivity index (χ0n) is 18.2. The summed E-state index contributed by atoms with van der Waals surface area (Å²) < 4.78 is 0. The van der Waals surface area contributed by atoms with Crippen LogP contribution in [-0.4, -0.2) is 63.0 Å². The van der Waals surface area contributed by atoms with Gasteiger partial charge in [0, 0.05) is 43.7 Å². The van der Waals surface area contributed by atoms with Gasteiger partial charge in [0.25, 0.3) is 5.91 Å². The molecule has 1 aliphatic rings. The zero-order valence-corrected chi connectivity index (χ0v) is 18.2. The molecule has 7 heteroatoms. The van der Waals surface area contributed by atoms with Crippen molar-refractivity contribution in [3.05, 3.63) is 24.0 Å². The van der Waals surface area contributed by atoms with Gasteiger partial charge in [-0.3, -0.25) is 14.7 Å². The molecule has 1 fully saturated rings. The standard InChI is InChI=1S/C22H33N5O2/c1-6-26(21(29)18-11-17-13-24-25-19(17)23-12-18)14-16-7-9-27(10-8-16)20(28)15(2)22(3,4)5/h11-13,15-16H,6-10,14H2,1-5H3,(H,23,24,25). The molecule has 2 aromatic rings. The van der Waals surface area contributed by atoms with Gasteiger partial charge in [-0.2, -0.15) is 5.10 Å². The van der Waals surface area contributed by atoms with E-state index in [0.29, 0.717) is 23.7 Å². The van der Waals surface area contributed by atoms with E-state index in [9.17, 15) is 9.59 Å². The molecule has 158 valence electrons. The fourth-order valence-electron chi connectivity index (χ4n) is 3.78. The third-order valence-electron chi connectivity index (χ3n) is 6.28. The maximum absolute atomic E-state index is 13.0. The third kappa shape index (κ3) is 4.77. The number of pyridine rings is 1. The lowest BCUT2D eigenvalue weighted by Crippen LogP contribution is -2.46. The summed E-state index contributed by atoms with van der Waals surface area (Å²) in [5.74, 6) is 0.679. The van der Waals surface area contributed by atoms with Crippen LogP contribution >= 0.6 is 0 Å². The van der Waals surface area contributed by atoms with Gasteiger partial charge in [-0.25, -0.2) is 4.98 Å². The smallest absolute Gasteiger partial charge is 0.255 e. The molecule has 0 saturated carbocycles. The Morgan fingerprint density at radius 3 is 2.59 bits per heavy atom. The zero-order chi connectivity index (χ0) is 21.2. The number of fused-ring (bicyclic) bond motifs is 1. The van der Waals surface area contributed by atoms with Gasteiger partial charge in [-0.1, -0.05) is 27.7 Å². The first-order valence-corrected chi connectivity index (χ1v) is 10.6. The summed E-state index contributed by atoms with van der Waals surface area (Å²) in [4.78, 5) is 33.9. The Balaban J connectivity index is 1.58. The fraction of sp³-hybridized carbons (Fsp3) is 0.636. The summed E-state index contributed by atoms with van der Waals surface area (Å²) >= 11 is 0. The summed E-state index contributed by atoms with van der Waals surface area (Å²) in [7, 11) is 0. The summed E-state index contributed by atoms with van der Waals surface area (Å²) in [6.45, 7) is 13.3. The summed E-state index contributed by atoms with van der Waals surface area (Å²) in [6, 6.07) is 1.84. The van der Waals surface area contributed by atoms with Gasteiger partial charge < -0.3 is 9.80 Å². The van der Waals surface area contributed by atoms with Crippen LogP contribution in [-0.2, 0) is 4.79 Å². The normalized spacial score (nSPS) is 16.8. The largest absolute Gasteiger partial charge is 0.342 e. The van der Waals surface area contributed by atoms with Gasteiger partial charge in [0.15, 0.2) is 5.65 Å². The maximum atomic E-state index is 13.0. The summed E-state index contributed by atoms with van der Waals surface area (Å²) in [5.41, 5.74) is 1.25. The van der Waals surface area contributed by atoms with Gasteiger partial charge in [0.05, 0.1) is 11.8 Å². The first-order chi connectivity index (χ1) is 13.7. The first kappa shape index (κ1) is 21.3. The average Bonchev–Trinajstić information content (AvgIpc) is 3.18. The summed E-state index contributed by atoms with van der Waals surface area (Å²) in [6.07, 6.45) is 5.16. The van der Waals surface area contributed by atoms with Gasteiger partial charge >= 0.3 is 0 Å². The van der Waals surface area contributed by atoms with Gasteiger partial charge in [-0.15, -0.1) is 0 Å². The molecule has 3 heterocycles. The predicted molar refractivity (Wildman–Crippen MR) is 113 cm³/mol. The maximum Gasteiger partial charge on any atom is 0.255 e. The second-order valence-electron chi connectivity index (χ2n) is 9.23. The molecule has 29 heavy (non-hydrogen) atoms. The molecule has 0 radical (unpaired) electrons. The number of aromatic amines is 1. The van der Waals surface area contributed by atoms with Crippen LogP contribution in [0, 0.1) is 17.3 Å². The summed E-state index contributed by atoms with van der Waals surface area (Å²) in [5, 5.41) is 7.61. The van der Waals surface area contributed by atoms with E-state index in [2.05, 4.69) is 36.0 Å². The topological polar surface area (TPSA) is 82.2 Å². The Morgan fingerprint density at radius 2 is 1.97 bits per heavy atom. The molecule has 1 saturated heterocycles. The molecule has 0 aromatic carbocycles. The number of likely N-dealkylation sites (tertiary alicyclic amines) is 1. The van der Waals surface area contributed by atoms with Crippen molar-refractivity contribution in [2.24, 2.45) is 17.3 Å². The second-order valence-corrected chi connectivity index (χ2v) is 9.23. The monoisotopic (exact) mass is 399 g/mol. The van der Waals surface area contributed by atoms with Crippen molar-refractivity contribution in [1.82, 2.24) is 25.0 Å². The third-order valence-corrected chi connectivity index (χ3v) is 6.28. The number of aromatic nitrogens is 3. The molecule has 0 aliphatic carbocycles. The quantitative estimate of drug-likeness (QED) is 0.836. The minimum absolute atomic E-state index is 0.00274. The predicted octanol–water partition coefficient (Wildman–Crippen LogP) is 3.34. The Labute approximate surface area is 172 Å². The van der Waals surface area contributed by atoms with Crippen LogP contribution in [0.15, 0.2) is 18.5 Å². The highest BCUT2D eigenvalue weighted by molar-refractivity contribution is 5.96. The average molecular weight is 400 g/mol. The molecule has 1 N–H and O–H groups in total. The number of nitrogens with zero attached hydrogens (tertiary/aromatic N) is 4. The first-order valence-electron chi connectivity index (χ1n) is 10.6. The number of rotatable bonds is 5. The number of nitrogens with one attached hydrogen (secondary N) is 1. The van der Waals surface area contributed by atoms with E-state index in [1.165, 1.54) is 0 Å². The molecular weight excluding hydrogens is 366 g/mol. The van der Waals surface area contributed by atoms with Gasteiger partial charge in [0.1, 0.15) is 0 Å². The highest BCUT2D eigenvalue weighted by Gasteiger charge is 2.33. The van der Waals surface area contributed by atoms with Crippen molar-refractivity contribution >= 4 is 22.8 Å². The van der Waals surface area contributed by atoms with E-state index in [1.54, 1.807) is 12.4 Å². The van der Waals surface area contributed by atoms with Crippen molar-refractivity contribution in [3.8, 4) is 0 Å². The molecule has 2 amide bonds. The van der Waals surface area contributed by atoms with Crippen molar-refractivity contribution < 1.29 is 9.59 Å². The van der Waals surface area contributed by atoms with E-state index in [-0.39, 0.29) is 23.1 Å². The van der Waals surface area contributed by atoms with Crippen LogP contribution < -0.4 is 0 Å². The molecule has 1 aliphatic heterocycles. The number of piperidine rings is 1. The number of hydrogen-bond donors (Lipinski definition) is 1. The van der Waals surface area contributed by atoms with E-state index in [1.807, 2.05) is 29.7 Å². The minimum atomic E-state index is -0.0243. The number of hydrogen-bond acceptors (Lipinski definition) is 4. The Hall–Kier alpha value is -2.44. The second kappa shape index (κ2) is 8.51. The fourth-order valence-corrected chi connectivity index (χ4v) is 3.78. The van der Waals surface area contributed by atoms with Gasteiger partial charge in [-0.05, 0) is 37.2 Å². The van der Waals surface area contributed by atoms with Crippen LogP contribution in [0.5, 0.6) is 0 Å². The van der Waals surface area contributed by atoms with Crippen molar-refractivity contribution in [2.45, 2.75) is 47.5 Å². The van der Waals surface area contributed by atoms with Crippen molar-refractivity contribution in [3.63, 3.8) is 0 Å². The molecule has 3 rings (SSSR count). The minimum Gasteiger partial charge on any atom is -0.342 e. The SMILES string of the molecule is CCN(CC1CCN(C(=O)C(C)C(C)(C)C)CC1)C(=O)c1cnc2[nH]ncc2c1. The van der Waals surface area contributed by atoms with Crippen molar-refractivity contribution in [1.29, 1.82) is 0 Å². The molecule has 0 bridgehead atoms. The molecule has 1 atom stereocenters. The number of carbonyl (C=O) groups excluding carboxylic acids is 2. The van der Waals surface area contributed by atoms with E-state index in [4.69, 9.17) is 0 Å². The van der Waals surface area contributed by atoms with Gasteiger partial charge in [0.2, 0.25) is 5.91 Å². The van der Waals surface area contributed by atoms with Crippen LogP contribution in [0.25, 0.3) is 11.0 Å². The number of carbonyl (C=O) groups is 2. The number of H-pyrrole nitrogens is 1.